The quantitative estimate of drug-likeness (QED) is 0.0932. The molecule has 0 aliphatic rings. The number of carbonyl (C=O) groups is 2. The van der Waals surface area contributed by atoms with Crippen molar-refractivity contribution >= 4 is 11.9 Å². The molecule has 0 aromatic rings. The molecule has 0 bridgehead atoms. The van der Waals surface area contributed by atoms with E-state index in [2.05, 4.69) is 26.1 Å². The SMILES string of the molecule is CCCCCCCCCCCCCCC(CC)C(C(=O)O)C(C)C(=O)NCCCCCCCCCCCC. The second-order valence-electron chi connectivity index (χ2n) is 12.0. The summed E-state index contributed by atoms with van der Waals surface area (Å²) in [5, 5.41) is 13.0. The Labute approximate surface area is 237 Å². The predicted molar refractivity (Wildman–Crippen MR) is 165 cm³/mol. The van der Waals surface area contributed by atoms with Crippen LogP contribution in [0.3, 0.4) is 0 Å². The Hall–Kier alpha value is -1.06. The summed E-state index contributed by atoms with van der Waals surface area (Å²) >= 11 is 0. The first-order valence-electron chi connectivity index (χ1n) is 17.0. The zero-order valence-corrected chi connectivity index (χ0v) is 26.2. The molecule has 0 aliphatic carbocycles. The largest absolute Gasteiger partial charge is 0.481 e. The third-order valence-electron chi connectivity index (χ3n) is 8.53. The Balaban J connectivity index is 4.05. The van der Waals surface area contributed by atoms with Crippen LogP contribution in [-0.2, 0) is 9.59 Å². The number of carboxylic acid groups (broad SMARTS) is 1. The van der Waals surface area contributed by atoms with E-state index >= 15 is 0 Å². The molecule has 0 heterocycles. The maximum atomic E-state index is 12.8. The third kappa shape index (κ3) is 20.8. The first-order valence-corrected chi connectivity index (χ1v) is 17.0. The van der Waals surface area contributed by atoms with Crippen LogP contribution in [0, 0.1) is 17.8 Å². The van der Waals surface area contributed by atoms with Crippen LogP contribution >= 0.6 is 0 Å². The molecule has 0 radical (unpaired) electrons. The van der Waals surface area contributed by atoms with E-state index in [1.54, 1.807) is 0 Å². The first-order chi connectivity index (χ1) is 18.5. The number of aliphatic carboxylic acids is 1. The van der Waals surface area contributed by atoms with Crippen molar-refractivity contribution in [1.82, 2.24) is 5.32 Å². The molecule has 3 atom stereocenters. The van der Waals surface area contributed by atoms with Gasteiger partial charge >= 0.3 is 5.97 Å². The Morgan fingerprint density at radius 3 is 1.32 bits per heavy atom. The molecule has 4 heteroatoms. The molecule has 2 N–H and O–H groups in total. The highest BCUT2D eigenvalue weighted by Crippen LogP contribution is 2.30. The Morgan fingerprint density at radius 1 is 0.579 bits per heavy atom. The fourth-order valence-corrected chi connectivity index (χ4v) is 5.86. The lowest BCUT2D eigenvalue weighted by Gasteiger charge is -2.27. The smallest absolute Gasteiger partial charge is 0.307 e. The van der Waals surface area contributed by atoms with Crippen LogP contribution in [0.4, 0.5) is 0 Å². The monoisotopic (exact) mass is 538 g/mol. The van der Waals surface area contributed by atoms with Gasteiger partial charge in [-0.3, -0.25) is 9.59 Å². The van der Waals surface area contributed by atoms with Gasteiger partial charge in [0.05, 0.1) is 5.92 Å². The van der Waals surface area contributed by atoms with Crippen molar-refractivity contribution in [1.29, 1.82) is 0 Å². The molecule has 4 nitrogen and oxygen atoms in total. The Morgan fingerprint density at radius 2 is 0.947 bits per heavy atom. The van der Waals surface area contributed by atoms with E-state index in [0.29, 0.717) is 6.54 Å². The summed E-state index contributed by atoms with van der Waals surface area (Å²) in [6.45, 7) is 9.08. The van der Waals surface area contributed by atoms with Gasteiger partial charge in [-0.05, 0) is 18.8 Å². The zero-order chi connectivity index (χ0) is 28.3. The molecule has 0 fully saturated rings. The van der Waals surface area contributed by atoms with Gasteiger partial charge in [0.25, 0.3) is 0 Å². The van der Waals surface area contributed by atoms with Crippen LogP contribution in [0.25, 0.3) is 0 Å². The molecule has 0 aromatic heterocycles. The number of unbranched alkanes of at least 4 members (excludes halogenated alkanes) is 20. The van der Waals surface area contributed by atoms with E-state index in [0.717, 1.165) is 32.1 Å². The van der Waals surface area contributed by atoms with Gasteiger partial charge in [-0.15, -0.1) is 0 Å². The number of hydrogen-bond acceptors (Lipinski definition) is 2. The van der Waals surface area contributed by atoms with E-state index in [4.69, 9.17) is 0 Å². The van der Waals surface area contributed by atoms with E-state index in [-0.39, 0.29) is 11.8 Å². The lowest BCUT2D eigenvalue weighted by Crippen LogP contribution is -2.40. The summed E-state index contributed by atoms with van der Waals surface area (Å²) < 4.78 is 0. The van der Waals surface area contributed by atoms with E-state index in [1.165, 1.54) is 122 Å². The summed E-state index contributed by atoms with van der Waals surface area (Å²) in [6.07, 6.45) is 30.2. The van der Waals surface area contributed by atoms with Crippen LogP contribution in [0.2, 0.25) is 0 Å². The van der Waals surface area contributed by atoms with E-state index in [9.17, 15) is 14.7 Å². The van der Waals surface area contributed by atoms with Crippen molar-refractivity contribution in [3.8, 4) is 0 Å². The van der Waals surface area contributed by atoms with Gasteiger partial charge in [0.15, 0.2) is 0 Å². The number of amides is 1. The molecule has 38 heavy (non-hydrogen) atoms. The molecule has 1 amide bonds. The fraction of sp³-hybridized carbons (Fsp3) is 0.941. The Kier molecular flexibility index (Phi) is 26.7. The highest BCUT2D eigenvalue weighted by Gasteiger charge is 2.35. The first kappa shape index (κ1) is 36.9. The summed E-state index contributed by atoms with van der Waals surface area (Å²) in [5.41, 5.74) is 0. The number of nitrogens with one attached hydrogen (secondary N) is 1. The molecule has 0 saturated carbocycles. The van der Waals surface area contributed by atoms with Gasteiger partial charge in [-0.25, -0.2) is 0 Å². The average Bonchev–Trinajstić information content (AvgIpc) is 2.91. The molecular formula is C34H67NO3. The predicted octanol–water partition coefficient (Wildman–Crippen LogP) is 10.5. The number of rotatable bonds is 29. The third-order valence-corrected chi connectivity index (χ3v) is 8.53. The molecular weight excluding hydrogens is 470 g/mol. The molecule has 0 rings (SSSR count). The maximum Gasteiger partial charge on any atom is 0.307 e. The number of hydrogen-bond donors (Lipinski definition) is 2. The average molecular weight is 538 g/mol. The Bertz CT molecular complexity index is 536. The summed E-state index contributed by atoms with van der Waals surface area (Å²) in [4.78, 5) is 24.9. The van der Waals surface area contributed by atoms with Gasteiger partial charge in [-0.2, -0.15) is 0 Å². The molecule has 0 aliphatic heterocycles. The molecule has 0 saturated heterocycles. The highest BCUT2D eigenvalue weighted by molar-refractivity contribution is 5.84. The lowest BCUT2D eigenvalue weighted by molar-refractivity contribution is -0.149. The second kappa shape index (κ2) is 27.5. The van der Waals surface area contributed by atoms with Crippen molar-refractivity contribution in [2.75, 3.05) is 6.54 Å². The van der Waals surface area contributed by atoms with Crippen LogP contribution < -0.4 is 5.32 Å². The maximum absolute atomic E-state index is 12.8. The van der Waals surface area contributed by atoms with Gasteiger partial charge in [0, 0.05) is 12.5 Å². The number of carbonyl (C=O) groups excluding carboxylic acids is 1. The molecule has 0 spiro atoms. The van der Waals surface area contributed by atoms with Crippen LogP contribution in [0.15, 0.2) is 0 Å². The van der Waals surface area contributed by atoms with Gasteiger partial charge < -0.3 is 10.4 Å². The van der Waals surface area contributed by atoms with Crippen molar-refractivity contribution in [3.63, 3.8) is 0 Å². The van der Waals surface area contributed by atoms with E-state index in [1.807, 2.05) is 6.92 Å². The van der Waals surface area contributed by atoms with Gasteiger partial charge in [0.2, 0.25) is 5.91 Å². The van der Waals surface area contributed by atoms with Crippen molar-refractivity contribution in [3.05, 3.63) is 0 Å². The summed E-state index contributed by atoms with van der Waals surface area (Å²) in [5.74, 6) is -1.87. The van der Waals surface area contributed by atoms with Crippen LogP contribution in [0.1, 0.15) is 182 Å². The second-order valence-corrected chi connectivity index (χ2v) is 12.0. The van der Waals surface area contributed by atoms with Crippen LogP contribution in [-0.4, -0.2) is 23.5 Å². The van der Waals surface area contributed by atoms with Crippen LogP contribution in [0.5, 0.6) is 0 Å². The van der Waals surface area contributed by atoms with Crippen molar-refractivity contribution in [2.24, 2.45) is 17.8 Å². The lowest BCUT2D eigenvalue weighted by atomic mass is 9.77. The minimum Gasteiger partial charge on any atom is -0.481 e. The summed E-state index contributed by atoms with van der Waals surface area (Å²) in [7, 11) is 0. The normalized spacial score (nSPS) is 13.8. The molecule has 226 valence electrons. The fourth-order valence-electron chi connectivity index (χ4n) is 5.86. The molecule has 0 aromatic carbocycles. The minimum absolute atomic E-state index is 0.0775. The number of carboxylic acids is 1. The van der Waals surface area contributed by atoms with Crippen molar-refractivity contribution in [2.45, 2.75) is 182 Å². The highest BCUT2D eigenvalue weighted by atomic mass is 16.4. The standard InChI is InChI=1S/C34H67NO3/c1-5-8-10-12-14-16-18-19-20-22-24-26-28-31(7-3)32(34(37)38)30(4)33(36)35-29-27-25-23-21-17-15-13-11-9-6-2/h30-32H,5-29H2,1-4H3,(H,35,36)(H,37,38). The minimum atomic E-state index is -0.808. The van der Waals surface area contributed by atoms with Gasteiger partial charge in [0.1, 0.15) is 0 Å². The molecule has 3 unspecified atom stereocenters. The van der Waals surface area contributed by atoms with Gasteiger partial charge in [-0.1, -0.05) is 169 Å². The summed E-state index contributed by atoms with van der Waals surface area (Å²) in [6, 6.07) is 0. The van der Waals surface area contributed by atoms with Crippen molar-refractivity contribution < 1.29 is 14.7 Å². The topological polar surface area (TPSA) is 66.4 Å². The zero-order valence-electron chi connectivity index (χ0n) is 26.2. The van der Waals surface area contributed by atoms with E-state index < -0.39 is 17.8 Å².